The van der Waals surface area contributed by atoms with Crippen molar-refractivity contribution in [3.05, 3.63) is 131 Å². The van der Waals surface area contributed by atoms with E-state index in [-0.39, 0.29) is 5.82 Å². The van der Waals surface area contributed by atoms with E-state index in [9.17, 15) is 9.18 Å². The molecule has 36 heavy (non-hydrogen) atoms. The van der Waals surface area contributed by atoms with Gasteiger partial charge in [0.2, 0.25) is 0 Å². The van der Waals surface area contributed by atoms with Crippen molar-refractivity contribution in [3.63, 3.8) is 0 Å². The van der Waals surface area contributed by atoms with E-state index in [0.717, 1.165) is 23.3 Å². The fourth-order valence-corrected chi connectivity index (χ4v) is 3.94. The molecule has 0 saturated carbocycles. The standard InChI is InChI=1S/C32H29FO3/c1-3-35-29-17-19-30(20-18-29)36-32(34)28-15-10-24(11-16-28)9-13-27-14-12-25(22-31(27)33)21-23(2)26-7-5-4-6-8-26/h4-20,22-23H,3,21H2,1-2H3/t23-/m1/s1. The van der Waals surface area contributed by atoms with Crippen molar-refractivity contribution >= 4 is 18.1 Å². The van der Waals surface area contributed by atoms with Crippen molar-refractivity contribution in [1.82, 2.24) is 0 Å². The molecule has 4 heteroatoms. The molecule has 0 amide bonds. The summed E-state index contributed by atoms with van der Waals surface area (Å²) < 4.78 is 25.5. The van der Waals surface area contributed by atoms with Gasteiger partial charge in [0, 0.05) is 5.56 Å². The van der Waals surface area contributed by atoms with Gasteiger partial charge in [0.05, 0.1) is 12.2 Å². The molecule has 182 valence electrons. The Morgan fingerprint density at radius 1 is 0.861 bits per heavy atom. The number of benzene rings is 4. The molecule has 0 aliphatic rings. The van der Waals surface area contributed by atoms with E-state index in [0.29, 0.717) is 29.4 Å². The Balaban J connectivity index is 1.35. The lowest BCUT2D eigenvalue weighted by Gasteiger charge is -2.12. The summed E-state index contributed by atoms with van der Waals surface area (Å²) in [7, 11) is 0. The average molecular weight is 481 g/mol. The third-order valence-corrected chi connectivity index (χ3v) is 5.92. The Bertz CT molecular complexity index is 1310. The summed E-state index contributed by atoms with van der Waals surface area (Å²) in [5, 5.41) is 0. The first-order valence-corrected chi connectivity index (χ1v) is 12.1. The minimum atomic E-state index is -0.443. The summed E-state index contributed by atoms with van der Waals surface area (Å²) in [6.45, 7) is 4.64. The molecule has 0 saturated heterocycles. The Morgan fingerprint density at radius 2 is 1.56 bits per heavy atom. The van der Waals surface area contributed by atoms with Crippen LogP contribution in [0.4, 0.5) is 4.39 Å². The Labute approximate surface area is 211 Å². The molecule has 4 aromatic carbocycles. The zero-order valence-electron chi connectivity index (χ0n) is 20.5. The van der Waals surface area contributed by atoms with Crippen LogP contribution in [0, 0.1) is 5.82 Å². The maximum atomic E-state index is 14.7. The van der Waals surface area contributed by atoms with Crippen LogP contribution in [0.3, 0.4) is 0 Å². The summed E-state index contributed by atoms with van der Waals surface area (Å²) in [4.78, 5) is 12.4. The highest BCUT2D eigenvalue weighted by atomic mass is 19.1. The highest BCUT2D eigenvalue weighted by molar-refractivity contribution is 5.91. The SMILES string of the molecule is CCOc1ccc(OC(=O)c2ccc(C=Cc3ccc(C[C@@H](C)c4ccccc4)cc3F)cc2)cc1. The molecule has 0 aliphatic carbocycles. The predicted octanol–water partition coefficient (Wildman–Crippen LogP) is 7.96. The third-order valence-electron chi connectivity index (χ3n) is 5.92. The fourth-order valence-electron chi connectivity index (χ4n) is 3.94. The maximum Gasteiger partial charge on any atom is 0.343 e. The first-order valence-electron chi connectivity index (χ1n) is 12.1. The van der Waals surface area contributed by atoms with Gasteiger partial charge in [0.1, 0.15) is 17.3 Å². The number of hydrogen-bond acceptors (Lipinski definition) is 3. The van der Waals surface area contributed by atoms with E-state index in [1.54, 1.807) is 66.7 Å². The van der Waals surface area contributed by atoms with Crippen LogP contribution >= 0.6 is 0 Å². The number of carbonyl (C=O) groups is 1. The van der Waals surface area contributed by atoms with Crippen LogP contribution in [-0.4, -0.2) is 12.6 Å². The normalized spacial score (nSPS) is 11.9. The van der Waals surface area contributed by atoms with E-state index in [4.69, 9.17) is 9.47 Å². The van der Waals surface area contributed by atoms with E-state index < -0.39 is 5.97 Å². The molecular formula is C32H29FO3. The molecule has 0 N–H and O–H groups in total. The minimum absolute atomic E-state index is 0.250. The Morgan fingerprint density at radius 3 is 2.22 bits per heavy atom. The van der Waals surface area contributed by atoms with Crippen LogP contribution in [0.1, 0.15) is 52.4 Å². The maximum absolute atomic E-state index is 14.7. The first kappa shape index (κ1) is 24.9. The second kappa shape index (κ2) is 12.0. The van der Waals surface area contributed by atoms with Crippen LogP contribution in [0.25, 0.3) is 12.2 Å². The number of esters is 1. The summed E-state index contributed by atoms with van der Waals surface area (Å²) in [6, 6.07) is 29.6. The minimum Gasteiger partial charge on any atom is -0.494 e. The second-order valence-corrected chi connectivity index (χ2v) is 8.62. The van der Waals surface area contributed by atoms with Crippen molar-refractivity contribution in [3.8, 4) is 11.5 Å². The molecule has 3 nitrogen and oxygen atoms in total. The molecule has 0 heterocycles. The van der Waals surface area contributed by atoms with Gasteiger partial charge in [-0.05, 0) is 78.4 Å². The molecule has 4 rings (SSSR count). The molecule has 0 bridgehead atoms. The van der Waals surface area contributed by atoms with E-state index >= 15 is 0 Å². The molecular weight excluding hydrogens is 451 g/mol. The molecule has 0 unspecified atom stereocenters. The number of halogens is 1. The van der Waals surface area contributed by atoms with Crippen LogP contribution < -0.4 is 9.47 Å². The monoisotopic (exact) mass is 480 g/mol. The summed E-state index contributed by atoms with van der Waals surface area (Å²) in [5.74, 6) is 0.790. The average Bonchev–Trinajstić information content (AvgIpc) is 2.90. The number of rotatable bonds is 9. The fraction of sp³-hybridized carbons (Fsp3) is 0.156. The summed E-state index contributed by atoms with van der Waals surface area (Å²) in [5.41, 5.74) is 4.02. The largest absolute Gasteiger partial charge is 0.494 e. The van der Waals surface area contributed by atoms with Gasteiger partial charge in [-0.1, -0.05) is 73.7 Å². The van der Waals surface area contributed by atoms with E-state index in [1.807, 2.05) is 37.3 Å². The van der Waals surface area contributed by atoms with E-state index in [1.165, 1.54) is 5.56 Å². The van der Waals surface area contributed by atoms with Crippen LogP contribution in [0.2, 0.25) is 0 Å². The predicted molar refractivity (Wildman–Crippen MR) is 143 cm³/mol. The Hall–Kier alpha value is -4.18. The van der Waals surface area contributed by atoms with Gasteiger partial charge in [-0.3, -0.25) is 0 Å². The van der Waals surface area contributed by atoms with Gasteiger partial charge in [0.15, 0.2) is 0 Å². The molecule has 0 aromatic heterocycles. The zero-order chi connectivity index (χ0) is 25.3. The van der Waals surface area contributed by atoms with Crippen LogP contribution in [0.15, 0.2) is 97.1 Å². The van der Waals surface area contributed by atoms with Gasteiger partial charge in [-0.15, -0.1) is 0 Å². The van der Waals surface area contributed by atoms with Gasteiger partial charge in [-0.2, -0.15) is 0 Å². The van der Waals surface area contributed by atoms with Crippen molar-refractivity contribution < 1.29 is 18.7 Å². The number of carbonyl (C=O) groups excluding carboxylic acids is 1. The molecule has 1 atom stereocenters. The van der Waals surface area contributed by atoms with Gasteiger partial charge in [-0.25, -0.2) is 9.18 Å². The van der Waals surface area contributed by atoms with E-state index in [2.05, 4.69) is 19.1 Å². The highest BCUT2D eigenvalue weighted by Crippen LogP contribution is 2.23. The van der Waals surface area contributed by atoms with Crippen molar-refractivity contribution in [1.29, 1.82) is 0 Å². The lowest BCUT2D eigenvalue weighted by atomic mass is 9.93. The third kappa shape index (κ3) is 6.70. The van der Waals surface area contributed by atoms with Crippen molar-refractivity contribution in [2.45, 2.75) is 26.2 Å². The molecule has 0 spiro atoms. The molecule has 0 radical (unpaired) electrons. The zero-order valence-corrected chi connectivity index (χ0v) is 20.5. The highest BCUT2D eigenvalue weighted by Gasteiger charge is 2.10. The topological polar surface area (TPSA) is 35.5 Å². The van der Waals surface area contributed by atoms with Crippen LogP contribution in [-0.2, 0) is 6.42 Å². The van der Waals surface area contributed by atoms with Crippen LogP contribution in [0.5, 0.6) is 11.5 Å². The number of hydrogen-bond donors (Lipinski definition) is 0. The molecule has 4 aromatic rings. The first-order chi connectivity index (χ1) is 17.5. The second-order valence-electron chi connectivity index (χ2n) is 8.62. The quantitative estimate of drug-likeness (QED) is 0.138. The number of ether oxygens (including phenoxy) is 2. The molecule has 0 aliphatic heterocycles. The lowest BCUT2D eigenvalue weighted by molar-refractivity contribution is 0.0734. The lowest BCUT2D eigenvalue weighted by Crippen LogP contribution is -2.08. The van der Waals surface area contributed by atoms with Crippen molar-refractivity contribution in [2.24, 2.45) is 0 Å². The van der Waals surface area contributed by atoms with Crippen molar-refractivity contribution in [2.75, 3.05) is 6.61 Å². The Kier molecular flexibility index (Phi) is 8.30. The van der Waals surface area contributed by atoms with Gasteiger partial charge < -0.3 is 9.47 Å². The van der Waals surface area contributed by atoms with Gasteiger partial charge >= 0.3 is 5.97 Å². The molecule has 0 fully saturated rings. The summed E-state index contributed by atoms with van der Waals surface area (Å²) in [6.07, 6.45) is 4.35. The smallest absolute Gasteiger partial charge is 0.343 e. The summed E-state index contributed by atoms with van der Waals surface area (Å²) >= 11 is 0. The van der Waals surface area contributed by atoms with Gasteiger partial charge in [0.25, 0.3) is 0 Å².